The van der Waals surface area contributed by atoms with Crippen LogP contribution in [-0.2, 0) is 51.0 Å². The number of nitrogens with two attached hydrogens (primary N) is 1. The van der Waals surface area contributed by atoms with Crippen LogP contribution in [0.4, 0.5) is 5.82 Å². The van der Waals surface area contributed by atoms with Crippen molar-refractivity contribution in [1.29, 1.82) is 0 Å². The molecule has 2 saturated heterocycles. The number of aliphatic hydroxyl groups is 2. The number of allylic oxidation sites excluding steroid dienone is 5. The number of nitrogens with zero attached hydrogens (tertiary/aromatic N) is 2. The second-order valence-electron chi connectivity index (χ2n) is 17.8. The first-order valence-corrected chi connectivity index (χ1v) is 27.5. The first-order valence-electron chi connectivity index (χ1n) is 24.5. The summed E-state index contributed by atoms with van der Waals surface area (Å²) in [6.07, 6.45) is 25.8. The Kier molecular flexibility index (Phi) is 28.5. The molecule has 0 amide bonds. The van der Waals surface area contributed by atoms with Gasteiger partial charge in [0.15, 0.2) is 12.3 Å². The highest BCUT2D eigenvalue weighted by Gasteiger charge is 2.46. The summed E-state index contributed by atoms with van der Waals surface area (Å²) >= 11 is 0. The van der Waals surface area contributed by atoms with Crippen LogP contribution in [0.3, 0.4) is 0 Å². The van der Waals surface area contributed by atoms with E-state index in [0.29, 0.717) is 31.5 Å². The number of anilines is 1. The highest BCUT2D eigenvalue weighted by molar-refractivity contribution is 7.61. The number of hydrogen-bond acceptors (Lipinski definition) is 16. The Labute approximate surface area is 402 Å². The van der Waals surface area contributed by atoms with Crippen LogP contribution >= 0.6 is 15.6 Å². The van der Waals surface area contributed by atoms with Gasteiger partial charge in [-0.2, -0.15) is 9.29 Å². The number of ether oxygens (including phenoxy) is 4. The fourth-order valence-corrected chi connectivity index (χ4v) is 9.52. The molecule has 3 rings (SSSR count). The van der Waals surface area contributed by atoms with E-state index in [0.717, 1.165) is 68.0 Å². The molecule has 2 fully saturated rings. The van der Waals surface area contributed by atoms with E-state index in [-0.39, 0.29) is 18.7 Å². The van der Waals surface area contributed by atoms with Gasteiger partial charge in [0.1, 0.15) is 30.7 Å². The summed E-state index contributed by atoms with van der Waals surface area (Å²) in [5.41, 5.74) is 4.58. The number of epoxide rings is 1. The van der Waals surface area contributed by atoms with Crippen LogP contribution in [0.2, 0.25) is 0 Å². The molecule has 19 nitrogen and oxygen atoms in total. The molecule has 0 saturated carbocycles. The lowest BCUT2D eigenvalue weighted by Gasteiger charge is -2.21. The normalized spacial score (nSPS) is 22.8. The zero-order valence-corrected chi connectivity index (χ0v) is 42.1. The number of esters is 2. The van der Waals surface area contributed by atoms with Gasteiger partial charge in [-0.15, -0.1) is 0 Å². The highest BCUT2D eigenvalue weighted by Crippen LogP contribution is 2.60. The molecule has 0 aromatic carbocycles. The van der Waals surface area contributed by atoms with Crippen LogP contribution in [-0.4, -0.2) is 97.9 Å². The maximum Gasteiger partial charge on any atom is 0.481 e. The number of rotatable bonds is 38. The van der Waals surface area contributed by atoms with Gasteiger partial charge in [-0.1, -0.05) is 134 Å². The second-order valence-corrected chi connectivity index (χ2v) is 20.9. The van der Waals surface area contributed by atoms with Crippen LogP contribution in [0.25, 0.3) is 0 Å². The van der Waals surface area contributed by atoms with Gasteiger partial charge < -0.3 is 44.7 Å². The summed E-state index contributed by atoms with van der Waals surface area (Å²) in [6.45, 7) is 4.31. The summed E-state index contributed by atoms with van der Waals surface area (Å²) in [5, 5.41) is 20.9. The third-order valence-corrected chi connectivity index (χ3v) is 13.9. The van der Waals surface area contributed by atoms with E-state index in [2.05, 4.69) is 54.4 Å². The van der Waals surface area contributed by atoms with Crippen molar-refractivity contribution in [1.82, 2.24) is 9.55 Å². The molecule has 2 aliphatic rings. The fourth-order valence-electron chi connectivity index (χ4n) is 7.41. The molecule has 1 aromatic rings. The smallest absolute Gasteiger partial charge is 0.462 e. The Bertz CT molecular complexity index is 1860. The third kappa shape index (κ3) is 25.7. The molecule has 1 aromatic heterocycles. The molecule has 388 valence electrons. The topological polar surface area (TPSA) is 278 Å². The number of hydrogen-bond donors (Lipinski definition) is 5. The maximum absolute atomic E-state index is 12.8. The zero-order valence-electron chi connectivity index (χ0n) is 40.3. The number of aliphatic hydroxyl groups excluding tert-OH is 2. The Morgan fingerprint density at radius 1 is 0.779 bits per heavy atom. The molecule has 2 aliphatic heterocycles. The van der Waals surface area contributed by atoms with Crippen molar-refractivity contribution < 1.29 is 71.0 Å². The summed E-state index contributed by atoms with van der Waals surface area (Å²) in [4.78, 5) is 61.8. The lowest BCUT2D eigenvalue weighted by Crippen LogP contribution is -2.36. The molecule has 0 radical (unpaired) electrons. The molecule has 0 spiro atoms. The van der Waals surface area contributed by atoms with Gasteiger partial charge in [0.2, 0.25) is 0 Å². The predicted molar refractivity (Wildman–Crippen MR) is 256 cm³/mol. The van der Waals surface area contributed by atoms with Gasteiger partial charge in [0.05, 0.1) is 25.4 Å². The molecule has 0 aliphatic carbocycles. The van der Waals surface area contributed by atoms with Gasteiger partial charge in [-0.25, -0.2) is 13.9 Å². The van der Waals surface area contributed by atoms with Gasteiger partial charge >= 0.3 is 33.3 Å². The summed E-state index contributed by atoms with van der Waals surface area (Å²) < 4.78 is 62.4. The largest absolute Gasteiger partial charge is 0.481 e. The molecular weight excluding hydrogens is 924 g/mol. The van der Waals surface area contributed by atoms with E-state index < -0.39 is 83.7 Å². The van der Waals surface area contributed by atoms with Crippen molar-refractivity contribution in [2.24, 2.45) is 5.92 Å². The van der Waals surface area contributed by atoms with Crippen LogP contribution in [0, 0.1) is 5.92 Å². The van der Waals surface area contributed by atoms with Gasteiger partial charge in [-0.05, 0) is 56.9 Å². The molecule has 21 heteroatoms. The number of unbranched alkanes of at least 4 members (excludes halogenated alkanes) is 11. The molecule has 0 bridgehead atoms. The lowest BCUT2D eigenvalue weighted by molar-refractivity contribution is -0.161. The van der Waals surface area contributed by atoms with Crippen LogP contribution in [0.15, 0.2) is 53.5 Å². The van der Waals surface area contributed by atoms with E-state index in [4.69, 9.17) is 33.7 Å². The average Bonchev–Trinajstić information content (AvgIpc) is 3.97. The Hall–Kier alpha value is -3.06. The van der Waals surface area contributed by atoms with E-state index in [1.165, 1.54) is 57.4 Å². The Morgan fingerprint density at radius 3 is 2.09 bits per heavy atom. The third-order valence-electron chi connectivity index (χ3n) is 11.3. The lowest BCUT2D eigenvalue weighted by atomic mass is 10.0. The summed E-state index contributed by atoms with van der Waals surface area (Å²) in [6, 6.07) is 1.24. The van der Waals surface area contributed by atoms with Gasteiger partial charge in [-0.3, -0.25) is 23.2 Å². The van der Waals surface area contributed by atoms with Crippen molar-refractivity contribution in [2.75, 3.05) is 25.6 Å². The number of carbonyl (C=O) groups is 2. The van der Waals surface area contributed by atoms with Gasteiger partial charge in [0, 0.05) is 19.0 Å². The molecular formula is C47H79N3O16P2. The minimum atomic E-state index is -5.43. The fraction of sp³-hybridized carbons (Fsp3) is 0.745. The number of carbonyl (C=O) groups excluding carboxylic acids is 2. The molecule has 3 heterocycles. The predicted octanol–water partition coefficient (Wildman–Crippen LogP) is 8.45. The summed E-state index contributed by atoms with van der Waals surface area (Å²) in [5.74, 6) is -0.644. The summed E-state index contributed by atoms with van der Waals surface area (Å²) in [7, 11) is -10.9. The van der Waals surface area contributed by atoms with Crippen molar-refractivity contribution in [3.63, 3.8) is 0 Å². The van der Waals surface area contributed by atoms with Gasteiger partial charge in [0.25, 0.3) is 0 Å². The van der Waals surface area contributed by atoms with E-state index in [9.17, 15) is 43.5 Å². The SMILES string of the molecule is CCCCCC1OC1C/C=C\C/C=C\C/C=C\CCCC(=O)OC[C@H](COP(=O)(O)OP(=O)(O)OC[C@H]1O[C@@H](n2ccc(N)nc2=O)[C@H](O)[C@@H]1O)OC(=O)CCCCCCCCCCCC(C)C. The Balaban J connectivity index is 1.41. The number of aromatic nitrogens is 2. The van der Waals surface area contributed by atoms with Crippen molar-refractivity contribution in [3.8, 4) is 0 Å². The van der Waals surface area contributed by atoms with Crippen molar-refractivity contribution in [2.45, 2.75) is 198 Å². The van der Waals surface area contributed by atoms with Crippen molar-refractivity contribution in [3.05, 3.63) is 59.2 Å². The molecule has 9 atom stereocenters. The Morgan fingerprint density at radius 2 is 1.41 bits per heavy atom. The number of phosphoric ester groups is 2. The maximum atomic E-state index is 12.8. The minimum Gasteiger partial charge on any atom is -0.462 e. The first-order chi connectivity index (χ1) is 32.5. The van der Waals surface area contributed by atoms with Crippen molar-refractivity contribution >= 4 is 33.4 Å². The first kappa shape index (κ1) is 59.2. The van der Waals surface area contributed by atoms with Crippen LogP contribution in [0.1, 0.15) is 162 Å². The molecule has 4 unspecified atom stereocenters. The zero-order chi connectivity index (χ0) is 49.8. The average molecular weight is 1000 g/mol. The second kappa shape index (κ2) is 32.8. The van der Waals surface area contributed by atoms with E-state index >= 15 is 0 Å². The minimum absolute atomic E-state index is 0.0362. The standard InChI is InChI=1S/C47H79N3O16P2/c1-4-5-21-27-38-39(64-38)28-23-18-14-10-6-7-11-15-19-24-29-42(51)60-33-37(63-43(52)30-25-20-16-12-8-9-13-17-22-26-36(2)3)34-61-67(56,57)66-68(58,59)62-35-40-44(53)45(54)46(65-40)50-32-31-41(48)49-47(50)55/h6,10-11,15,18,23,31-32,36-40,44-46,53-54H,4-5,7-9,12-14,16-17,19-22,24-30,33-35H2,1-3H3,(H,56,57)(H,58,59)(H2,48,49,55)/b10-6-,15-11-,23-18-/t37-,38?,39?,40-,44-,45-,46-/m1/s1. The quantitative estimate of drug-likeness (QED) is 0.0137. The monoisotopic (exact) mass is 1000 g/mol. The number of nitrogen functional groups attached to an aromatic ring is 1. The van der Waals surface area contributed by atoms with E-state index in [1.54, 1.807) is 0 Å². The molecule has 6 N–H and O–H groups in total. The number of phosphoric acid groups is 2. The highest BCUT2D eigenvalue weighted by atomic mass is 31.3. The molecule has 68 heavy (non-hydrogen) atoms. The van der Waals surface area contributed by atoms with Crippen LogP contribution < -0.4 is 11.4 Å². The van der Waals surface area contributed by atoms with Crippen LogP contribution in [0.5, 0.6) is 0 Å². The van der Waals surface area contributed by atoms with E-state index in [1.807, 2.05) is 12.2 Å².